The maximum Gasteiger partial charge on any atom is 0.137 e. The van der Waals surface area contributed by atoms with Crippen LogP contribution >= 0.6 is 0 Å². The minimum Gasteiger partial charge on any atom is -0.403 e. The van der Waals surface area contributed by atoms with E-state index < -0.39 is 17.0 Å². The van der Waals surface area contributed by atoms with E-state index in [0.29, 0.717) is 0 Å². The molecule has 0 unspecified atom stereocenters. The molecule has 62 valence electrons. The molecule has 0 bridgehead atoms. The van der Waals surface area contributed by atoms with Crippen LogP contribution in [0.5, 0.6) is 0 Å². The summed E-state index contributed by atoms with van der Waals surface area (Å²) in [5.74, 6) is -1.35. The van der Waals surface area contributed by atoms with Gasteiger partial charge in [0.25, 0.3) is 0 Å². The van der Waals surface area contributed by atoms with E-state index in [1.807, 2.05) is 0 Å². The van der Waals surface area contributed by atoms with Gasteiger partial charge in [-0.3, -0.25) is 0 Å². The predicted octanol–water partition coefficient (Wildman–Crippen LogP) is -0.666. The van der Waals surface area contributed by atoms with Gasteiger partial charge in [-0.1, -0.05) is 0 Å². The van der Waals surface area contributed by atoms with Crippen LogP contribution in [-0.2, 0) is 5.40 Å². The second-order valence-electron chi connectivity index (χ2n) is 3.22. The largest absolute Gasteiger partial charge is 0.403 e. The molecule has 1 aromatic rings. The quantitative estimate of drug-likeness (QED) is 0.551. The highest BCUT2D eigenvalue weighted by molar-refractivity contribution is 6.38. The fourth-order valence-electron chi connectivity index (χ4n) is 0.907. The lowest BCUT2D eigenvalue weighted by atomic mass is 9.61. The lowest BCUT2D eigenvalue weighted by Gasteiger charge is -2.17. The van der Waals surface area contributed by atoms with Crippen LogP contribution in [0.15, 0.2) is 18.2 Å². The molecular weight excluding hydrogens is 160 g/mol. The zero-order valence-corrected chi connectivity index (χ0v) is 6.94. The summed E-state index contributed by atoms with van der Waals surface area (Å²) in [4.78, 5) is 0. The third kappa shape index (κ3) is 2.08. The average molecular weight is 168 g/mol. The molecule has 0 saturated heterocycles. The lowest BCUT2D eigenvalue weighted by Crippen LogP contribution is -2.26. The van der Waals surface area contributed by atoms with Gasteiger partial charge in [0.2, 0.25) is 0 Å². The molecule has 0 aliphatic rings. The average Bonchev–Trinajstić information content (AvgIpc) is 1.82. The van der Waals surface area contributed by atoms with Crippen molar-refractivity contribution in [2.75, 3.05) is 0 Å². The van der Waals surface area contributed by atoms with Crippen molar-refractivity contribution < 1.29 is 13.9 Å². The Labute approximate surface area is 71.2 Å². The van der Waals surface area contributed by atoms with Gasteiger partial charge in [-0.2, -0.15) is 0 Å². The van der Waals surface area contributed by atoms with Crippen LogP contribution in [0.4, 0.5) is 8.78 Å². The summed E-state index contributed by atoms with van der Waals surface area (Å²) in [5.41, 5.74) is 0.236. The fourth-order valence-corrected chi connectivity index (χ4v) is 0.907. The normalized spacial score (nSPS) is 11.6. The van der Waals surface area contributed by atoms with Crippen LogP contribution in [0.1, 0.15) is 5.56 Å². The van der Waals surface area contributed by atoms with Crippen LogP contribution in [0, 0.1) is 11.6 Å². The highest BCUT2D eigenvalue weighted by Gasteiger charge is 2.17. The third-order valence-electron chi connectivity index (χ3n) is 1.57. The first kappa shape index (κ1) is 9.26. The Hall–Kier alpha value is -0.830. The molecule has 0 atom stereocenters. The minimum atomic E-state index is -1.21. The van der Waals surface area contributed by atoms with Gasteiger partial charge in [0.1, 0.15) is 27.3 Å². The molecule has 1 nitrogen and oxygen atoms in total. The Bertz CT molecular complexity index is 276. The van der Waals surface area contributed by atoms with Crippen LogP contribution in [0.25, 0.3) is 0 Å². The molecule has 5 heteroatoms. The van der Waals surface area contributed by atoms with E-state index in [4.69, 9.17) is 0 Å². The molecule has 12 heavy (non-hydrogen) atoms. The molecule has 0 spiro atoms. The first-order valence-electron chi connectivity index (χ1n) is 3.58. The summed E-state index contributed by atoms with van der Waals surface area (Å²) in [5, 5.41) is 8.20. The molecular formula is C7H8B2F2O. The maximum absolute atomic E-state index is 12.6. The molecule has 0 radical (unpaired) electrons. The first-order chi connectivity index (χ1) is 5.39. The molecule has 0 aliphatic heterocycles. The Morgan fingerprint density at radius 1 is 1.08 bits per heavy atom. The van der Waals surface area contributed by atoms with Crippen molar-refractivity contribution in [1.82, 2.24) is 0 Å². The summed E-state index contributed by atoms with van der Waals surface area (Å²) in [6, 6.07) is 3.00. The SMILES string of the molecule is BC(B)(O)c1cc(F)cc(F)c1. The van der Waals surface area contributed by atoms with E-state index in [1.54, 1.807) is 0 Å². The van der Waals surface area contributed by atoms with Crippen molar-refractivity contribution in [2.45, 2.75) is 5.40 Å². The van der Waals surface area contributed by atoms with Crippen LogP contribution in [0.2, 0.25) is 0 Å². The van der Waals surface area contributed by atoms with Crippen molar-refractivity contribution in [3.63, 3.8) is 0 Å². The molecule has 0 aromatic heterocycles. The van der Waals surface area contributed by atoms with Gasteiger partial charge >= 0.3 is 0 Å². The second-order valence-corrected chi connectivity index (χ2v) is 3.22. The highest BCUT2D eigenvalue weighted by Crippen LogP contribution is 2.16. The molecule has 0 amide bonds. The zero-order chi connectivity index (χ0) is 9.35. The van der Waals surface area contributed by atoms with Crippen molar-refractivity contribution in [2.24, 2.45) is 0 Å². The summed E-state index contributed by atoms with van der Waals surface area (Å²) >= 11 is 0. The maximum atomic E-state index is 12.6. The summed E-state index contributed by atoms with van der Waals surface area (Å²) in [6.07, 6.45) is 0. The van der Waals surface area contributed by atoms with Crippen molar-refractivity contribution in [3.05, 3.63) is 35.4 Å². The lowest BCUT2D eigenvalue weighted by molar-refractivity contribution is 0.216. The van der Waals surface area contributed by atoms with Gasteiger partial charge in [0.15, 0.2) is 0 Å². The van der Waals surface area contributed by atoms with E-state index in [2.05, 4.69) is 0 Å². The van der Waals surface area contributed by atoms with E-state index in [-0.39, 0.29) is 5.56 Å². The summed E-state index contributed by atoms with van der Waals surface area (Å²) < 4.78 is 25.2. The van der Waals surface area contributed by atoms with Crippen LogP contribution in [-0.4, -0.2) is 20.8 Å². The summed E-state index contributed by atoms with van der Waals surface area (Å²) in [7, 11) is 2.95. The minimum absolute atomic E-state index is 0.236. The molecule has 1 N–H and O–H groups in total. The monoisotopic (exact) mass is 168 g/mol. The number of halogens is 2. The van der Waals surface area contributed by atoms with Crippen molar-refractivity contribution >= 4 is 15.7 Å². The molecule has 1 aromatic carbocycles. The number of rotatable bonds is 1. The Kier molecular flexibility index (Phi) is 2.24. The van der Waals surface area contributed by atoms with Gasteiger partial charge in [-0.25, -0.2) is 8.78 Å². The topological polar surface area (TPSA) is 20.2 Å². The Morgan fingerprint density at radius 3 is 1.83 bits per heavy atom. The molecule has 0 fully saturated rings. The van der Waals surface area contributed by atoms with E-state index >= 15 is 0 Å². The Morgan fingerprint density at radius 2 is 1.50 bits per heavy atom. The number of hydrogen-bond donors (Lipinski definition) is 1. The van der Waals surface area contributed by atoms with Crippen molar-refractivity contribution in [3.8, 4) is 0 Å². The second kappa shape index (κ2) is 2.90. The van der Waals surface area contributed by atoms with Gasteiger partial charge < -0.3 is 5.11 Å². The van der Waals surface area contributed by atoms with Gasteiger partial charge in [-0.15, -0.1) is 0 Å². The van der Waals surface area contributed by atoms with E-state index in [9.17, 15) is 13.9 Å². The third-order valence-corrected chi connectivity index (χ3v) is 1.57. The molecule has 1 rings (SSSR count). The molecule has 0 saturated carbocycles. The summed E-state index contributed by atoms with van der Waals surface area (Å²) in [6.45, 7) is 0. The van der Waals surface area contributed by atoms with E-state index in [1.165, 1.54) is 15.7 Å². The highest BCUT2D eigenvalue weighted by atomic mass is 19.1. The van der Waals surface area contributed by atoms with Crippen LogP contribution in [0.3, 0.4) is 0 Å². The predicted molar refractivity (Wildman–Crippen MR) is 47.3 cm³/mol. The number of hydrogen-bond acceptors (Lipinski definition) is 1. The fraction of sp³-hybridized carbons (Fsp3) is 0.143. The van der Waals surface area contributed by atoms with Crippen LogP contribution < -0.4 is 0 Å². The Balaban J connectivity index is 3.18. The van der Waals surface area contributed by atoms with Gasteiger partial charge in [-0.05, 0) is 17.7 Å². The standard InChI is InChI=1S/C7H8B2F2O/c8-7(9,12)4-1-5(10)3-6(11)2-4/h1-3,12H,8-9H2. The smallest absolute Gasteiger partial charge is 0.137 e. The van der Waals surface area contributed by atoms with Crippen molar-refractivity contribution in [1.29, 1.82) is 0 Å². The van der Waals surface area contributed by atoms with Gasteiger partial charge in [0, 0.05) is 11.5 Å². The molecule has 0 aliphatic carbocycles. The number of benzene rings is 1. The molecule has 0 heterocycles. The van der Waals surface area contributed by atoms with E-state index in [0.717, 1.165) is 18.2 Å². The van der Waals surface area contributed by atoms with Gasteiger partial charge in [0.05, 0.1) is 0 Å². The first-order valence-corrected chi connectivity index (χ1v) is 3.58. The zero-order valence-electron chi connectivity index (χ0n) is 6.94. The number of aliphatic hydroxyl groups is 1.